The topological polar surface area (TPSA) is 63.9 Å². The van der Waals surface area contributed by atoms with Crippen molar-refractivity contribution in [1.82, 2.24) is 20.0 Å². The van der Waals surface area contributed by atoms with Gasteiger partial charge in [-0.25, -0.2) is 0 Å². The molecule has 1 saturated heterocycles. The van der Waals surface area contributed by atoms with Gasteiger partial charge in [-0.1, -0.05) is 12.1 Å². The van der Waals surface area contributed by atoms with Crippen molar-refractivity contribution in [3.05, 3.63) is 47.3 Å². The zero-order valence-electron chi connectivity index (χ0n) is 18.4. The maximum atomic E-state index is 6.18. The Morgan fingerprint density at radius 1 is 1.38 bits per heavy atom. The van der Waals surface area contributed by atoms with Crippen LogP contribution in [0.3, 0.4) is 0 Å². The fraction of sp³-hybridized carbons (Fsp3) is 0.545. The third-order valence-corrected chi connectivity index (χ3v) is 4.75. The molecule has 1 aliphatic heterocycles. The van der Waals surface area contributed by atoms with Gasteiger partial charge < -0.3 is 19.7 Å². The minimum Gasteiger partial charge on any atom is -0.488 e. The van der Waals surface area contributed by atoms with E-state index in [1.165, 1.54) is 5.56 Å². The zero-order chi connectivity index (χ0) is 21.0. The summed E-state index contributed by atoms with van der Waals surface area (Å²) >= 11 is 0. The molecule has 0 bridgehead atoms. The Labute approximate surface area is 173 Å². The molecule has 1 unspecified atom stereocenters. The van der Waals surface area contributed by atoms with Crippen molar-refractivity contribution in [3.8, 4) is 5.75 Å². The maximum absolute atomic E-state index is 6.18. The van der Waals surface area contributed by atoms with E-state index in [4.69, 9.17) is 9.47 Å². The van der Waals surface area contributed by atoms with E-state index < -0.39 is 0 Å². The van der Waals surface area contributed by atoms with Gasteiger partial charge in [0.25, 0.3) is 0 Å². The Kier molecular flexibility index (Phi) is 6.47. The minimum atomic E-state index is -0.245. The van der Waals surface area contributed by atoms with Crippen LogP contribution in [0.15, 0.2) is 35.6 Å². The largest absolute Gasteiger partial charge is 0.488 e. The zero-order valence-corrected chi connectivity index (χ0v) is 18.4. The number of benzene rings is 1. The standard InChI is InChI=1S/C22H33N5O2/c1-16-7-8-17(19(11-16)29-22(2,3)4)12-24-21(23-5)27-9-10-28-20(15-27)18-13-25-26(6)14-18/h7-8,11,13-14,20H,9-10,12,15H2,1-6H3,(H,23,24). The summed E-state index contributed by atoms with van der Waals surface area (Å²) in [5, 5.41) is 7.76. The smallest absolute Gasteiger partial charge is 0.194 e. The highest BCUT2D eigenvalue weighted by Gasteiger charge is 2.25. The minimum absolute atomic E-state index is 0.00448. The van der Waals surface area contributed by atoms with Crippen LogP contribution in [0.1, 0.15) is 43.6 Å². The molecule has 7 nitrogen and oxygen atoms in total. The van der Waals surface area contributed by atoms with Crippen molar-refractivity contribution in [1.29, 1.82) is 0 Å². The van der Waals surface area contributed by atoms with Crippen molar-refractivity contribution in [3.63, 3.8) is 0 Å². The average molecular weight is 400 g/mol. The second-order valence-corrected chi connectivity index (χ2v) is 8.48. The Bertz CT molecular complexity index is 853. The predicted molar refractivity (Wildman–Crippen MR) is 115 cm³/mol. The van der Waals surface area contributed by atoms with Gasteiger partial charge in [-0.3, -0.25) is 9.67 Å². The van der Waals surface area contributed by atoms with Gasteiger partial charge in [0.05, 0.1) is 19.3 Å². The van der Waals surface area contributed by atoms with Crippen LogP contribution < -0.4 is 10.1 Å². The van der Waals surface area contributed by atoms with Gasteiger partial charge in [-0.2, -0.15) is 5.10 Å². The first-order chi connectivity index (χ1) is 13.7. The Morgan fingerprint density at radius 2 is 2.17 bits per heavy atom. The molecule has 0 amide bonds. The van der Waals surface area contributed by atoms with Crippen LogP contribution in [0, 0.1) is 6.92 Å². The third kappa shape index (κ3) is 5.73. The Morgan fingerprint density at radius 3 is 2.83 bits per heavy atom. The van der Waals surface area contributed by atoms with Crippen LogP contribution in [-0.2, 0) is 18.3 Å². The molecule has 0 aliphatic carbocycles. The molecule has 2 aromatic rings. The first-order valence-corrected chi connectivity index (χ1v) is 10.1. The molecule has 158 valence electrons. The van der Waals surface area contributed by atoms with Gasteiger partial charge in [0.1, 0.15) is 17.5 Å². The van der Waals surface area contributed by atoms with Crippen molar-refractivity contribution >= 4 is 5.96 Å². The fourth-order valence-electron chi connectivity index (χ4n) is 3.39. The van der Waals surface area contributed by atoms with Gasteiger partial charge in [-0.15, -0.1) is 0 Å². The first kappa shape index (κ1) is 21.2. The number of nitrogens with zero attached hydrogens (tertiary/aromatic N) is 4. The van der Waals surface area contributed by atoms with E-state index in [1.54, 1.807) is 4.68 Å². The van der Waals surface area contributed by atoms with Crippen LogP contribution in [-0.4, -0.2) is 53.0 Å². The normalized spacial score (nSPS) is 18.1. The van der Waals surface area contributed by atoms with Crippen LogP contribution in [0.5, 0.6) is 5.75 Å². The van der Waals surface area contributed by atoms with E-state index in [9.17, 15) is 0 Å². The number of hydrogen-bond donors (Lipinski definition) is 1. The van der Waals surface area contributed by atoms with Gasteiger partial charge >= 0.3 is 0 Å². The lowest BCUT2D eigenvalue weighted by atomic mass is 10.1. The summed E-state index contributed by atoms with van der Waals surface area (Å²) in [7, 11) is 3.74. The molecule has 1 atom stereocenters. The Balaban J connectivity index is 1.68. The van der Waals surface area contributed by atoms with Crippen LogP contribution in [0.25, 0.3) is 0 Å². The van der Waals surface area contributed by atoms with Crippen LogP contribution in [0.2, 0.25) is 0 Å². The molecule has 1 aliphatic rings. The number of ether oxygens (including phenoxy) is 2. The summed E-state index contributed by atoms with van der Waals surface area (Å²) in [4.78, 5) is 6.73. The molecule has 29 heavy (non-hydrogen) atoms. The number of morpholine rings is 1. The van der Waals surface area contributed by atoms with Gasteiger partial charge in [0, 0.05) is 44.5 Å². The third-order valence-electron chi connectivity index (χ3n) is 4.75. The van der Waals surface area contributed by atoms with Crippen molar-refractivity contribution < 1.29 is 9.47 Å². The molecule has 0 spiro atoms. The summed E-state index contributed by atoms with van der Waals surface area (Å²) in [6.45, 7) is 11.1. The molecule has 1 aromatic heterocycles. The molecular weight excluding hydrogens is 366 g/mol. The molecule has 0 radical (unpaired) electrons. The first-order valence-electron chi connectivity index (χ1n) is 10.1. The molecular formula is C22H33N5O2. The van der Waals surface area contributed by atoms with Gasteiger partial charge in [0.2, 0.25) is 0 Å². The molecule has 0 saturated carbocycles. The molecule has 3 rings (SSSR count). The predicted octanol–water partition coefficient (Wildman–Crippen LogP) is 3.05. The van der Waals surface area contributed by atoms with Gasteiger partial charge in [0.15, 0.2) is 5.96 Å². The summed E-state index contributed by atoms with van der Waals surface area (Å²) in [6.07, 6.45) is 3.87. The summed E-state index contributed by atoms with van der Waals surface area (Å²) in [5.74, 6) is 1.78. The van der Waals surface area contributed by atoms with Crippen LogP contribution in [0.4, 0.5) is 0 Å². The van der Waals surface area contributed by atoms with E-state index >= 15 is 0 Å². The van der Waals surface area contributed by atoms with Crippen molar-refractivity contribution in [2.75, 3.05) is 26.7 Å². The molecule has 1 N–H and O–H groups in total. The molecule has 7 heteroatoms. The number of nitrogens with one attached hydrogen (secondary N) is 1. The molecule has 2 heterocycles. The lowest BCUT2D eigenvalue weighted by molar-refractivity contribution is -0.00806. The highest BCUT2D eigenvalue weighted by molar-refractivity contribution is 5.80. The number of aliphatic imine (C=N–C) groups is 1. The maximum Gasteiger partial charge on any atom is 0.194 e. The number of rotatable bonds is 4. The molecule has 1 aromatic carbocycles. The quantitative estimate of drug-likeness (QED) is 0.632. The van der Waals surface area contributed by atoms with Gasteiger partial charge in [-0.05, 0) is 39.3 Å². The lowest BCUT2D eigenvalue weighted by Gasteiger charge is -2.35. The summed E-state index contributed by atoms with van der Waals surface area (Å²) < 4.78 is 13.9. The number of hydrogen-bond acceptors (Lipinski definition) is 4. The Hall–Kier alpha value is -2.54. The average Bonchev–Trinajstić information content (AvgIpc) is 3.09. The second-order valence-electron chi connectivity index (χ2n) is 8.48. The number of aromatic nitrogens is 2. The van der Waals surface area contributed by atoms with E-state index in [1.807, 2.05) is 26.5 Å². The van der Waals surface area contributed by atoms with E-state index in [-0.39, 0.29) is 11.7 Å². The number of aryl methyl sites for hydroxylation is 2. The SMILES string of the molecule is CN=C(NCc1ccc(C)cc1OC(C)(C)C)N1CCOC(c2cnn(C)c2)C1. The van der Waals surface area contributed by atoms with Crippen molar-refractivity contribution in [2.45, 2.75) is 45.9 Å². The van der Waals surface area contributed by atoms with Crippen LogP contribution >= 0.6 is 0 Å². The summed E-state index contributed by atoms with van der Waals surface area (Å²) in [5.41, 5.74) is 3.14. The molecule has 1 fully saturated rings. The highest BCUT2D eigenvalue weighted by Crippen LogP contribution is 2.25. The highest BCUT2D eigenvalue weighted by atomic mass is 16.5. The summed E-state index contributed by atoms with van der Waals surface area (Å²) in [6, 6.07) is 6.33. The van der Waals surface area contributed by atoms with E-state index in [2.05, 4.69) is 66.2 Å². The van der Waals surface area contributed by atoms with E-state index in [0.29, 0.717) is 13.2 Å². The fourth-order valence-corrected chi connectivity index (χ4v) is 3.39. The van der Waals surface area contributed by atoms with Crippen molar-refractivity contribution in [2.24, 2.45) is 12.0 Å². The number of guanidine groups is 1. The lowest BCUT2D eigenvalue weighted by Crippen LogP contribution is -2.48. The monoisotopic (exact) mass is 399 g/mol. The second kappa shape index (κ2) is 8.86. The van der Waals surface area contributed by atoms with E-state index in [0.717, 1.165) is 35.9 Å².